The zero-order valence-corrected chi connectivity index (χ0v) is 20.5. The molecule has 1 amide bonds. The summed E-state index contributed by atoms with van der Waals surface area (Å²) in [5, 5.41) is 3.10. The molecule has 0 aromatic heterocycles. The van der Waals surface area contributed by atoms with Crippen molar-refractivity contribution < 1.29 is 27.5 Å². The molecule has 9 heteroatoms. The Morgan fingerprint density at radius 3 is 2.54 bits per heavy atom. The first-order chi connectivity index (χ1) is 16.7. The van der Waals surface area contributed by atoms with E-state index >= 15 is 4.39 Å². The van der Waals surface area contributed by atoms with Gasteiger partial charge in [-0.05, 0) is 60.9 Å². The van der Waals surface area contributed by atoms with E-state index in [9.17, 15) is 18.4 Å². The van der Waals surface area contributed by atoms with Crippen molar-refractivity contribution >= 4 is 40.8 Å². The van der Waals surface area contributed by atoms with Crippen LogP contribution in [0.15, 0.2) is 36.4 Å². The van der Waals surface area contributed by atoms with E-state index in [0.717, 1.165) is 0 Å². The number of carbonyl (C=O) groups excluding carboxylic acids is 2. The maximum atomic E-state index is 15.6. The highest BCUT2D eigenvalue weighted by Crippen LogP contribution is 2.77. The molecule has 0 unspecified atom stereocenters. The van der Waals surface area contributed by atoms with Crippen molar-refractivity contribution in [2.45, 2.75) is 37.5 Å². The third kappa shape index (κ3) is 3.20. The van der Waals surface area contributed by atoms with Crippen molar-refractivity contribution in [1.82, 2.24) is 0 Å². The highest BCUT2D eigenvalue weighted by molar-refractivity contribution is 6.31. The molecule has 186 valence electrons. The van der Waals surface area contributed by atoms with Gasteiger partial charge in [0.05, 0.1) is 36.3 Å². The van der Waals surface area contributed by atoms with Crippen LogP contribution in [0.25, 0.3) is 0 Å². The predicted octanol–water partition coefficient (Wildman–Crippen LogP) is 6.39. The molecule has 2 fully saturated rings. The van der Waals surface area contributed by atoms with Gasteiger partial charge in [0, 0.05) is 22.0 Å². The number of anilines is 1. The van der Waals surface area contributed by atoms with E-state index in [1.807, 2.05) is 0 Å². The lowest BCUT2D eigenvalue weighted by molar-refractivity contribution is -0.150. The fraction of sp³-hybridized carbons (Fsp3) is 0.462. The van der Waals surface area contributed by atoms with Gasteiger partial charge in [-0.25, -0.2) is 4.39 Å². The summed E-state index contributed by atoms with van der Waals surface area (Å²) in [6.07, 6.45) is 0.202. The fourth-order valence-corrected chi connectivity index (χ4v) is 7.54. The Kier molecular flexibility index (Phi) is 5.87. The number of amides is 1. The molecule has 4 nitrogen and oxygen atoms in total. The monoisotopic (exact) mass is 525 g/mol. The Labute approximate surface area is 211 Å². The first kappa shape index (κ1) is 24.4. The van der Waals surface area contributed by atoms with Gasteiger partial charge in [-0.2, -0.15) is 0 Å². The lowest BCUT2D eigenvalue weighted by Gasteiger charge is -2.59. The summed E-state index contributed by atoms with van der Waals surface area (Å²) < 4.78 is 49.0. The SMILES string of the molecule is CCOC(=O)[C@@H]1CC2(CC(CF)(CF)C2)[C@@]2(C(=O)Nc3cc(Cl)ccc32)[C@H]1c1cccc(Cl)c1F. The standard InChI is InChI=1S/C26H24Cl2F3NO3/c1-2-35-22(33)16-9-25(10-24(11-25,12-29)13-30)26(20(16)15-4-3-5-18(28)21(15)31)17-7-6-14(27)8-19(17)32-23(26)34/h3-8,16,20H,2,9-13H2,1H3,(H,32,34)/t16-,20+,26-/m1/s1. The molecule has 2 aromatic rings. The number of rotatable bonds is 5. The van der Waals surface area contributed by atoms with Crippen LogP contribution in [0, 0.1) is 22.6 Å². The van der Waals surface area contributed by atoms with Crippen molar-refractivity contribution in [3.8, 4) is 0 Å². The summed E-state index contributed by atoms with van der Waals surface area (Å²) in [5.41, 5.74) is -2.63. The number of hydrogen-bond acceptors (Lipinski definition) is 3. The highest BCUT2D eigenvalue weighted by atomic mass is 35.5. The van der Waals surface area contributed by atoms with Crippen LogP contribution in [0.2, 0.25) is 10.0 Å². The first-order valence-electron chi connectivity index (χ1n) is 11.5. The molecule has 1 N–H and O–H groups in total. The molecule has 2 spiro atoms. The van der Waals surface area contributed by atoms with Crippen molar-refractivity contribution in [3.63, 3.8) is 0 Å². The Morgan fingerprint density at radius 2 is 1.89 bits per heavy atom. The van der Waals surface area contributed by atoms with E-state index in [1.165, 1.54) is 12.1 Å². The van der Waals surface area contributed by atoms with E-state index < -0.39 is 59.1 Å². The number of benzene rings is 2. The van der Waals surface area contributed by atoms with Crippen LogP contribution in [0.5, 0.6) is 0 Å². The van der Waals surface area contributed by atoms with E-state index in [0.29, 0.717) is 16.3 Å². The van der Waals surface area contributed by atoms with Gasteiger partial charge in [0.1, 0.15) is 5.82 Å². The molecular formula is C26H24Cl2F3NO3. The van der Waals surface area contributed by atoms with E-state index in [4.69, 9.17) is 27.9 Å². The molecule has 3 aliphatic rings. The second-order valence-electron chi connectivity index (χ2n) is 10.0. The number of carbonyl (C=O) groups is 2. The van der Waals surface area contributed by atoms with Crippen molar-refractivity contribution in [2.75, 3.05) is 25.3 Å². The minimum atomic E-state index is -1.47. The number of alkyl halides is 2. The molecule has 2 saturated carbocycles. The third-order valence-corrected chi connectivity index (χ3v) is 8.76. The van der Waals surface area contributed by atoms with E-state index in [-0.39, 0.29) is 36.5 Å². The van der Waals surface area contributed by atoms with Gasteiger partial charge in [0.2, 0.25) is 5.91 Å². The molecule has 5 rings (SSSR count). The summed E-state index contributed by atoms with van der Waals surface area (Å²) in [6, 6.07) is 9.36. The van der Waals surface area contributed by atoms with Crippen LogP contribution in [0.1, 0.15) is 43.2 Å². The second-order valence-corrected chi connectivity index (χ2v) is 10.9. The topological polar surface area (TPSA) is 55.4 Å². The molecule has 2 aliphatic carbocycles. The minimum absolute atomic E-state index is 0.0388. The molecule has 0 radical (unpaired) electrons. The van der Waals surface area contributed by atoms with Crippen molar-refractivity contribution in [2.24, 2.45) is 16.7 Å². The largest absolute Gasteiger partial charge is 0.466 e. The Bertz CT molecular complexity index is 1210. The van der Waals surface area contributed by atoms with Gasteiger partial charge >= 0.3 is 5.97 Å². The maximum Gasteiger partial charge on any atom is 0.309 e. The number of ether oxygens (including phenoxy) is 1. The van der Waals surface area contributed by atoms with Gasteiger partial charge in [-0.1, -0.05) is 41.4 Å². The van der Waals surface area contributed by atoms with E-state index in [2.05, 4.69) is 5.32 Å². The Morgan fingerprint density at radius 1 is 1.17 bits per heavy atom. The zero-order chi connectivity index (χ0) is 25.2. The molecule has 1 aliphatic heterocycles. The average Bonchev–Trinajstić information content (AvgIpc) is 3.27. The molecule has 3 atom stereocenters. The zero-order valence-electron chi connectivity index (χ0n) is 19.0. The molecular weight excluding hydrogens is 502 g/mol. The van der Waals surface area contributed by atoms with Crippen LogP contribution in [0.4, 0.5) is 18.9 Å². The number of esters is 1. The summed E-state index contributed by atoms with van der Waals surface area (Å²) >= 11 is 12.3. The lowest BCUT2D eigenvalue weighted by Crippen LogP contribution is -2.61. The molecule has 0 saturated heterocycles. The molecule has 0 bridgehead atoms. The first-order valence-corrected chi connectivity index (χ1v) is 12.3. The summed E-state index contributed by atoms with van der Waals surface area (Å²) in [4.78, 5) is 27.3. The van der Waals surface area contributed by atoms with E-state index in [1.54, 1.807) is 31.2 Å². The maximum absolute atomic E-state index is 15.6. The molecule has 35 heavy (non-hydrogen) atoms. The van der Waals surface area contributed by atoms with Gasteiger partial charge in [0.15, 0.2) is 0 Å². The second kappa shape index (κ2) is 8.41. The smallest absolute Gasteiger partial charge is 0.309 e. The van der Waals surface area contributed by atoms with Gasteiger partial charge in [-0.3, -0.25) is 18.4 Å². The van der Waals surface area contributed by atoms with Crippen LogP contribution in [0.3, 0.4) is 0 Å². The number of fused-ring (bicyclic) bond motifs is 3. The van der Waals surface area contributed by atoms with Crippen LogP contribution in [-0.2, 0) is 19.7 Å². The van der Waals surface area contributed by atoms with Crippen molar-refractivity contribution in [1.29, 1.82) is 0 Å². The van der Waals surface area contributed by atoms with Gasteiger partial charge in [-0.15, -0.1) is 0 Å². The molecule has 2 aromatic carbocycles. The molecule has 1 heterocycles. The van der Waals surface area contributed by atoms with Crippen LogP contribution >= 0.6 is 23.2 Å². The predicted molar refractivity (Wildman–Crippen MR) is 127 cm³/mol. The number of nitrogens with one attached hydrogen (secondary N) is 1. The Balaban J connectivity index is 1.81. The third-order valence-electron chi connectivity index (χ3n) is 8.23. The normalized spacial score (nSPS) is 27.5. The fourth-order valence-electron chi connectivity index (χ4n) is 7.18. The summed E-state index contributed by atoms with van der Waals surface area (Å²) in [7, 11) is 0. The average molecular weight is 526 g/mol. The van der Waals surface area contributed by atoms with Crippen LogP contribution in [-0.4, -0.2) is 31.8 Å². The Hall–Kier alpha value is -2.25. The summed E-state index contributed by atoms with van der Waals surface area (Å²) in [5.74, 6) is -3.69. The van der Waals surface area contributed by atoms with Crippen LogP contribution < -0.4 is 5.32 Å². The highest BCUT2D eigenvalue weighted by Gasteiger charge is 2.77. The summed E-state index contributed by atoms with van der Waals surface area (Å²) in [6.45, 7) is -0.0295. The van der Waals surface area contributed by atoms with Gasteiger partial charge < -0.3 is 10.1 Å². The van der Waals surface area contributed by atoms with Gasteiger partial charge in [0.25, 0.3) is 0 Å². The quantitative estimate of drug-likeness (QED) is 0.460. The van der Waals surface area contributed by atoms with Crippen molar-refractivity contribution in [3.05, 3.63) is 63.4 Å². The number of halogens is 5. The number of hydrogen-bond donors (Lipinski definition) is 1. The lowest BCUT2D eigenvalue weighted by atomic mass is 9.43. The minimum Gasteiger partial charge on any atom is -0.466 e.